The van der Waals surface area contributed by atoms with E-state index in [1.807, 2.05) is 0 Å². The van der Waals surface area contributed by atoms with Crippen molar-refractivity contribution in [3.63, 3.8) is 0 Å². The third-order valence-electron chi connectivity index (χ3n) is 4.00. The molecule has 0 amide bonds. The predicted octanol–water partition coefficient (Wildman–Crippen LogP) is 4.25. The Morgan fingerprint density at radius 3 is 2.57 bits per heavy atom. The smallest absolute Gasteiger partial charge is 0.258 e. The summed E-state index contributed by atoms with van der Waals surface area (Å²) < 4.78 is 26.0. The number of fused-ring (bicyclic) bond motifs is 1. The minimum Gasteiger partial charge on any atom is -0.347 e. The molecule has 1 atom stereocenters. The minimum absolute atomic E-state index is 0.273. The molecule has 0 spiro atoms. The molecule has 112 valence electrons. The standard InChI is InChI=1S/C15H16ClF2N3/c1-8(2)10-6-20-15(21-4-3-12(21)14(17)18)11-7-19-13(16)5-9(10)11/h5-8,12,14H,3-4H2,1-2H3. The van der Waals surface area contributed by atoms with E-state index in [0.29, 0.717) is 23.9 Å². The Labute approximate surface area is 126 Å². The molecule has 0 N–H and O–H groups in total. The predicted molar refractivity (Wildman–Crippen MR) is 80.4 cm³/mol. The van der Waals surface area contributed by atoms with E-state index >= 15 is 0 Å². The molecule has 21 heavy (non-hydrogen) atoms. The summed E-state index contributed by atoms with van der Waals surface area (Å²) in [5, 5.41) is 2.13. The second-order valence-corrected chi connectivity index (χ2v) is 6.02. The van der Waals surface area contributed by atoms with Crippen LogP contribution in [0.4, 0.5) is 14.6 Å². The highest BCUT2D eigenvalue weighted by atomic mass is 35.5. The average Bonchev–Trinajstić information content (AvgIpc) is 2.36. The van der Waals surface area contributed by atoms with Gasteiger partial charge < -0.3 is 4.90 Å². The number of anilines is 1. The van der Waals surface area contributed by atoms with Crippen LogP contribution in [0, 0.1) is 0 Å². The normalized spacial score (nSPS) is 18.6. The summed E-state index contributed by atoms with van der Waals surface area (Å²) in [7, 11) is 0. The monoisotopic (exact) mass is 311 g/mol. The van der Waals surface area contributed by atoms with E-state index < -0.39 is 12.5 Å². The number of pyridine rings is 2. The van der Waals surface area contributed by atoms with E-state index in [4.69, 9.17) is 11.6 Å². The van der Waals surface area contributed by atoms with Gasteiger partial charge in [0.1, 0.15) is 11.0 Å². The first-order chi connectivity index (χ1) is 9.99. The van der Waals surface area contributed by atoms with Crippen molar-refractivity contribution in [3.8, 4) is 0 Å². The van der Waals surface area contributed by atoms with Gasteiger partial charge in [-0.2, -0.15) is 0 Å². The van der Waals surface area contributed by atoms with Crippen molar-refractivity contribution in [3.05, 3.63) is 29.2 Å². The van der Waals surface area contributed by atoms with Crippen LogP contribution in [0.1, 0.15) is 31.7 Å². The van der Waals surface area contributed by atoms with Gasteiger partial charge in [0.25, 0.3) is 6.43 Å². The highest BCUT2D eigenvalue weighted by Crippen LogP contribution is 2.36. The highest BCUT2D eigenvalue weighted by molar-refractivity contribution is 6.30. The van der Waals surface area contributed by atoms with Crippen LogP contribution in [0.5, 0.6) is 0 Å². The third kappa shape index (κ3) is 2.44. The SMILES string of the molecule is CC(C)c1cnc(N2CCC2C(F)F)c2cnc(Cl)cc12. The van der Waals surface area contributed by atoms with Crippen LogP contribution in [0.2, 0.25) is 5.15 Å². The van der Waals surface area contributed by atoms with Crippen molar-refractivity contribution in [1.82, 2.24) is 9.97 Å². The first-order valence-corrected chi connectivity index (χ1v) is 7.35. The van der Waals surface area contributed by atoms with E-state index in [0.717, 1.165) is 16.3 Å². The summed E-state index contributed by atoms with van der Waals surface area (Å²) in [4.78, 5) is 10.2. The quantitative estimate of drug-likeness (QED) is 0.793. The lowest BCUT2D eigenvalue weighted by Gasteiger charge is -2.41. The lowest BCUT2D eigenvalue weighted by Crippen LogP contribution is -2.52. The third-order valence-corrected chi connectivity index (χ3v) is 4.21. The molecule has 6 heteroatoms. The van der Waals surface area contributed by atoms with Crippen LogP contribution in [0.25, 0.3) is 10.8 Å². The van der Waals surface area contributed by atoms with Gasteiger partial charge in [-0.3, -0.25) is 0 Å². The number of nitrogens with zero attached hydrogens (tertiary/aromatic N) is 3. The van der Waals surface area contributed by atoms with Gasteiger partial charge in [0.05, 0.1) is 6.04 Å². The van der Waals surface area contributed by atoms with E-state index in [2.05, 4.69) is 23.8 Å². The van der Waals surface area contributed by atoms with Crippen LogP contribution in [0.3, 0.4) is 0 Å². The van der Waals surface area contributed by atoms with Gasteiger partial charge in [0.15, 0.2) is 0 Å². The molecule has 3 rings (SSSR count). The Bertz CT molecular complexity index is 675. The molecular weight excluding hydrogens is 296 g/mol. The Hall–Kier alpha value is -1.49. The fraction of sp³-hybridized carbons (Fsp3) is 0.467. The van der Waals surface area contributed by atoms with Gasteiger partial charge in [0, 0.05) is 24.3 Å². The molecule has 1 fully saturated rings. The Balaban J connectivity index is 2.15. The number of rotatable bonds is 3. The number of hydrogen-bond acceptors (Lipinski definition) is 3. The van der Waals surface area contributed by atoms with Gasteiger partial charge in [-0.1, -0.05) is 25.4 Å². The van der Waals surface area contributed by atoms with Crippen LogP contribution < -0.4 is 4.90 Å². The molecule has 1 aliphatic heterocycles. The van der Waals surface area contributed by atoms with Crippen molar-refractivity contribution >= 4 is 28.2 Å². The average molecular weight is 312 g/mol. The summed E-state index contributed by atoms with van der Waals surface area (Å²) >= 11 is 5.99. The van der Waals surface area contributed by atoms with E-state index in [-0.39, 0.29) is 5.92 Å². The van der Waals surface area contributed by atoms with Gasteiger partial charge in [-0.05, 0) is 29.4 Å². The molecule has 0 aromatic carbocycles. The number of aromatic nitrogens is 2. The number of halogens is 3. The van der Waals surface area contributed by atoms with E-state index in [1.54, 1.807) is 23.4 Å². The van der Waals surface area contributed by atoms with Crippen LogP contribution in [0.15, 0.2) is 18.5 Å². The lowest BCUT2D eigenvalue weighted by atomic mass is 9.97. The Morgan fingerprint density at radius 1 is 1.24 bits per heavy atom. The molecule has 2 aromatic rings. The molecule has 3 nitrogen and oxygen atoms in total. The zero-order chi connectivity index (χ0) is 15.1. The van der Waals surface area contributed by atoms with Crippen molar-refractivity contribution in [2.24, 2.45) is 0 Å². The second kappa shape index (κ2) is 5.37. The first-order valence-electron chi connectivity index (χ1n) is 6.98. The van der Waals surface area contributed by atoms with Gasteiger partial charge in [-0.15, -0.1) is 0 Å². The largest absolute Gasteiger partial charge is 0.347 e. The second-order valence-electron chi connectivity index (χ2n) is 5.63. The van der Waals surface area contributed by atoms with Gasteiger partial charge in [0.2, 0.25) is 0 Å². The summed E-state index contributed by atoms with van der Waals surface area (Å²) in [5.74, 6) is 0.852. The topological polar surface area (TPSA) is 29.0 Å². The van der Waals surface area contributed by atoms with Crippen molar-refractivity contribution in [2.75, 3.05) is 11.4 Å². The zero-order valence-electron chi connectivity index (χ0n) is 11.9. The van der Waals surface area contributed by atoms with Gasteiger partial charge >= 0.3 is 0 Å². The molecule has 0 radical (unpaired) electrons. The summed E-state index contributed by atoms with van der Waals surface area (Å²) in [5.41, 5.74) is 1.05. The molecule has 0 bridgehead atoms. The molecule has 2 aromatic heterocycles. The molecule has 1 unspecified atom stereocenters. The maximum absolute atomic E-state index is 13.0. The van der Waals surface area contributed by atoms with Crippen molar-refractivity contribution < 1.29 is 8.78 Å². The van der Waals surface area contributed by atoms with Crippen LogP contribution in [-0.2, 0) is 0 Å². The lowest BCUT2D eigenvalue weighted by molar-refractivity contribution is 0.0874. The van der Waals surface area contributed by atoms with E-state index in [9.17, 15) is 8.78 Å². The number of alkyl halides is 2. The maximum atomic E-state index is 13.0. The van der Waals surface area contributed by atoms with Crippen molar-refractivity contribution in [1.29, 1.82) is 0 Å². The molecule has 1 saturated heterocycles. The van der Waals surface area contributed by atoms with Crippen LogP contribution in [-0.4, -0.2) is 29.0 Å². The summed E-state index contributed by atoms with van der Waals surface area (Å²) in [6.45, 7) is 4.73. The van der Waals surface area contributed by atoms with Gasteiger partial charge in [-0.25, -0.2) is 18.7 Å². The molecular formula is C15H16ClF2N3. The minimum atomic E-state index is -2.36. The Morgan fingerprint density at radius 2 is 2.00 bits per heavy atom. The molecule has 1 aliphatic rings. The van der Waals surface area contributed by atoms with E-state index in [1.165, 1.54) is 0 Å². The first kappa shape index (κ1) is 14.4. The fourth-order valence-corrected chi connectivity index (χ4v) is 2.90. The van der Waals surface area contributed by atoms with Crippen molar-refractivity contribution in [2.45, 2.75) is 38.7 Å². The Kier molecular flexibility index (Phi) is 3.69. The molecule has 0 saturated carbocycles. The maximum Gasteiger partial charge on any atom is 0.258 e. The summed E-state index contributed by atoms with van der Waals surface area (Å²) in [6.07, 6.45) is 1.53. The summed E-state index contributed by atoms with van der Waals surface area (Å²) in [6, 6.07) is 1.04. The highest BCUT2D eigenvalue weighted by Gasteiger charge is 2.37. The zero-order valence-corrected chi connectivity index (χ0v) is 12.6. The van der Waals surface area contributed by atoms with Crippen LogP contribution >= 0.6 is 11.6 Å². The fourth-order valence-electron chi connectivity index (χ4n) is 2.74. The molecule has 0 aliphatic carbocycles. The molecule has 3 heterocycles. The number of hydrogen-bond donors (Lipinski definition) is 0.